The summed E-state index contributed by atoms with van der Waals surface area (Å²) in [5.74, 6) is 0.976. The summed E-state index contributed by atoms with van der Waals surface area (Å²) in [7, 11) is -3.18. The number of aryl methyl sites for hydroxylation is 1. The van der Waals surface area contributed by atoms with Crippen LogP contribution in [0.2, 0.25) is 0 Å². The van der Waals surface area contributed by atoms with Crippen molar-refractivity contribution >= 4 is 55.6 Å². The first-order valence-corrected chi connectivity index (χ1v) is 17.2. The Morgan fingerprint density at radius 3 is 1.78 bits per heavy atom. The molecule has 0 fully saturated rings. The van der Waals surface area contributed by atoms with Gasteiger partial charge in [-0.3, -0.25) is 4.57 Å². The monoisotopic (exact) mass is 596 g/mol. The molecule has 3 nitrogen and oxygen atoms in total. The normalized spacial score (nSPS) is 15.5. The standard InChI is InChI=1S/C41H29N2OP/c1-2-38-42-34-22-13-23-37-41(34)43(38)35-26-28(24-25-36(35)45(37,44)29-16-7-4-8-17-29)40-32-20-11-9-18-30(32)39(27-14-5-3-6-15-27)31-19-10-12-21-33(31)40/h3-26H,2H2,1H3. The largest absolute Gasteiger partial charge is 0.308 e. The van der Waals surface area contributed by atoms with Crippen LogP contribution < -0.4 is 15.9 Å². The van der Waals surface area contributed by atoms with E-state index < -0.39 is 7.14 Å². The summed E-state index contributed by atoms with van der Waals surface area (Å²) in [5.41, 5.74) is 7.54. The van der Waals surface area contributed by atoms with Gasteiger partial charge in [-0.15, -0.1) is 0 Å². The fraction of sp³-hybridized carbons (Fsp3) is 0.0488. The van der Waals surface area contributed by atoms with Crippen molar-refractivity contribution in [1.29, 1.82) is 0 Å². The first kappa shape index (κ1) is 26.2. The summed E-state index contributed by atoms with van der Waals surface area (Å²) in [6.07, 6.45) is 0.769. The Balaban J connectivity index is 1.41. The summed E-state index contributed by atoms with van der Waals surface area (Å²) in [5, 5.41) is 7.40. The van der Waals surface area contributed by atoms with Gasteiger partial charge >= 0.3 is 0 Å². The molecule has 1 unspecified atom stereocenters. The van der Waals surface area contributed by atoms with Crippen molar-refractivity contribution in [1.82, 2.24) is 9.55 Å². The van der Waals surface area contributed by atoms with E-state index in [1.165, 1.54) is 38.2 Å². The minimum atomic E-state index is -3.18. The Morgan fingerprint density at radius 2 is 1.16 bits per heavy atom. The van der Waals surface area contributed by atoms with Gasteiger partial charge in [0.1, 0.15) is 5.82 Å². The molecule has 1 aliphatic rings. The van der Waals surface area contributed by atoms with Crippen molar-refractivity contribution < 1.29 is 4.57 Å². The van der Waals surface area contributed by atoms with Crippen LogP contribution in [-0.4, -0.2) is 9.55 Å². The second-order valence-corrected chi connectivity index (χ2v) is 14.4. The fourth-order valence-corrected chi connectivity index (χ4v) is 10.4. The number of hydrogen-bond donors (Lipinski definition) is 0. The molecule has 0 radical (unpaired) electrons. The Bertz CT molecular complexity index is 2440. The van der Waals surface area contributed by atoms with Crippen LogP contribution in [0.4, 0.5) is 0 Å². The maximum Gasteiger partial charge on any atom is 0.175 e. The lowest BCUT2D eigenvalue weighted by Crippen LogP contribution is -2.33. The van der Waals surface area contributed by atoms with E-state index in [4.69, 9.17) is 4.98 Å². The molecule has 4 heteroatoms. The average molecular weight is 597 g/mol. The molecule has 0 amide bonds. The SMILES string of the molecule is CCc1nc2cccc3c2n1-c1cc(-c2c4ccccc4c(-c4ccccc4)c4ccccc24)ccc1P3(=O)c1ccccc1. The lowest BCUT2D eigenvalue weighted by molar-refractivity contribution is 0.592. The van der Waals surface area contributed by atoms with Crippen molar-refractivity contribution in [2.24, 2.45) is 0 Å². The van der Waals surface area contributed by atoms with Gasteiger partial charge in [0.15, 0.2) is 7.14 Å². The second-order valence-electron chi connectivity index (χ2n) is 11.7. The van der Waals surface area contributed by atoms with E-state index in [0.29, 0.717) is 0 Å². The fourth-order valence-electron chi connectivity index (χ4n) is 7.43. The topological polar surface area (TPSA) is 34.9 Å². The Morgan fingerprint density at radius 1 is 0.578 bits per heavy atom. The summed E-state index contributed by atoms with van der Waals surface area (Å²) >= 11 is 0. The zero-order valence-corrected chi connectivity index (χ0v) is 25.7. The van der Waals surface area contributed by atoms with Crippen LogP contribution in [0.1, 0.15) is 12.7 Å². The van der Waals surface area contributed by atoms with Crippen LogP contribution in [-0.2, 0) is 11.0 Å². The summed E-state index contributed by atoms with van der Waals surface area (Å²) in [6.45, 7) is 2.14. The predicted molar refractivity (Wildman–Crippen MR) is 189 cm³/mol. The van der Waals surface area contributed by atoms with Crippen molar-refractivity contribution in [3.05, 3.63) is 151 Å². The molecule has 8 aromatic rings. The van der Waals surface area contributed by atoms with Gasteiger partial charge in [-0.1, -0.05) is 128 Å². The molecule has 0 bridgehead atoms. The number of para-hydroxylation sites is 1. The highest BCUT2D eigenvalue weighted by atomic mass is 31.2. The van der Waals surface area contributed by atoms with Crippen molar-refractivity contribution in [2.45, 2.75) is 13.3 Å². The van der Waals surface area contributed by atoms with Gasteiger partial charge in [0, 0.05) is 22.3 Å². The molecule has 7 aromatic carbocycles. The van der Waals surface area contributed by atoms with E-state index in [9.17, 15) is 0 Å². The molecule has 45 heavy (non-hydrogen) atoms. The molecule has 0 saturated heterocycles. The van der Waals surface area contributed by atoms with Crippen molar-refractivity contribution in [3.8, 4) is 27.9 Å². The van der Waals surface area contributed by atoms with Crippen LogP contribution in [0.5, 0.6) is 0 Å². The number of rotatable bonds is 4. The highest BCUT2D eigenvalue weighted by molar-refractivity contribution is 7.86. The van der Waals surface area contributed by atoms with E-state index in [2.05, 4.69) is 109 Å². The van der Waals surface area contributed by atoms with Crippen molar-refractivity contribution in [3.63, 3.8) is 0 Å². The molecule has 0 saturated carbocycles. The Kier molecular flexibility index (Phi) is 5.75. The van der Waals surface area contributed by atoms with E-state index >= 15 is 4.57 Å². The smallest absolute Gasteiger partial charge is 0.175 e. The molecule has 0 aliphatic carbocycles. The molecule has 1 aromatic heterocycles. The van der Waals surface area contributed by atoms with Gasteiger partial charge in [-0.05, 0) is 68.1 Å². The van der Waals surface area contributed by atoms with Gasteiger partial charge in [-0.2, -0.15) is 0 Å². The third-order valence-corrected chi connectivity index (χ3v) is 12.5. The summed E-state index contributed by atoms with van der Waals surface area (Å²) in [4.78, 5) is 5.05. The number of fused-ring (bicyclic) bond motifs is 4. The second kappa shape index (κ2) is 9.89. The number of benzene rings is 7. The van der Waals surface area contributed by atoms with Crippen molar-refractivity contribution in [2.75, 3.05) is 0 Å². The summed E-state index contributed by atoms with van der Waals surface area (Å²) in [6, 6.07) is 50.7. The molecule has 9 rings (SSSR count). The van der Waals surface area contributed by atoms with E-state index in [1.807, 2.05) is 48.5 Å². The summed E-state index contributed by atoms with van der Waals surface area (Å²) < 4.78 is 17.9. The maximum atomic E-state index is 15.6. The van der Waals surface area contributed by atoms with Crippen LogP contribution in [0.25, 0.3) is 60.5 Å². The highest BCUT2D eigenvalue weighted by Crippen LogP contribution is 2.51. The van der Waals surface area contributed by atoms with Crippen LogP contribution in [0.3, 0.4) is 0 Å². The molecule has 1 aliphatic heterocycles. The number of imidazole rings is 1. The van der Waals surface area contributed by atoms with E-state index in [-0.39, 0.29) is 0 Å². The predicted octanol–water partition coefficient (Wildman–Crippen LogP) is 9.18. The number of hydrogen-bond acceptors (Lipinski definition) is 2. The Hall–Kier alpha value is -5.24. The molecule has 214 valence electrons. The van der Waals surface area contributed by atoms with E-state index in [0.717, 1.165) is 50.4 Å². The molecular formula is C41H29N2OP. The third-order valence-electron chi connectivity index (χ3n) is 9.34. The van der Waals surface area contributed by atoms with Gasteiger partial charge in [0.2, 0.25) is 0 Å². The zero-order valence-electron chi connectivity index (χ0n) is 24.8. The molecule has 1 atom stereocenters. The minimum Gasteiger partial charge on any atom is -0.308 e. The third kappa shape index (κ3) is 3.65. The molecule has 0 spiro atoms. The lowest BCUT2D eigenvalue weighted by atomic mass is 9.86. The van der Waals surface area contributed by atoms with Crippen LogP contribution in [0.15, 0.2) is 146 Å². The van der Waals surface area contributed by atoms with Gasteiger partial charge in [0.25, 0.3) is 0 Å². The van der Waals surface area contributed by atoms with E-state index in [1.54, 1.807) is 0 Å². The highest BCUT2D eigenvalue weighted by Gasteiger charge is 2.39. The number of nitrogens with zero attached hydrogens (tertiary/aromatic N) is 2. The zero-order chi connectivity index (χ0) is 30.1. The lowest BCUT2D eigenvalue weighted by Gasteiger charge is -2.30. The minimum absolute atomic E-state index is 0.769. The van der Waals surface area contributed by atoms with Gasteiger partial charge < -0.3 is 4.57 Å². The molecular weight excluding hydrogens is 567 g/mol. The maximum absolute atomic E-state index is 15.6. The first-order chi connectivity index (χ1) is 22.2. The van der Waals surface area contributed by atoms with Crippen LogP contribution >= 0.6 is 7.14 Å². The molecule has 2 heterocycles. The number of aromatic nitrogens is 2. The van der Waals surface area contributed by atoms with Gasteiger partial charge in [-0.25, -0.2) is 4.98 Å². The quantitative estimate of drug-likeness (QED) is 0.150. The van der Waals surface area contributed by atoms with Crippen LogP contribution in [0, 0.1) is 0 Å². The van der Waals surface area contributed by atoms with Gasteiger partial charge in [0.05, 0.1) is 16.7 Å². The average Bonchev–Trinajstić information content (AvgIpc) is 3.49. The molecule has 0 N–H and O–H groups in total. The first-order valence-electron chi connectivity index (χ1n) is 15.5. The Labute approximate surface area is 261 Å².